The van der Waals surface area contributed by atoms with Crippen molar-refractivity contribution in [1.29, 1.82) is 0 Å². The number of benzene rings is 1. The van der Waals surface area contributed by atoms with Gasteiger partial charge in [0.1, 0.15) is 0 Å². The second kappa shape index (κ2) is 4.61. The molecule has 1 N–H and O–H groups in total. The Morgan fingerprint density at radius 1 is 1.50 bits per heavy atom. The molecule has 1 fully saturated rings. The number of hydrogen-bond donors (Lipinski definition) is 1. The molecule has 1 saturated heterocycles. The van der Waals surface area contributed by atoms with Crippen LogP contribution in [0, 0.1) is 0 Å². The normalized spacial score (nSPS) is 22.0. The molecular weight excluding hydrogens is 230 g/mol. The first kappa shape index (κ1) is 12.9. The van der Waals surface area contributed by atoms with E-state index >= 15 is 0 Å². The average Bonchev–Trinajstić information content (AvgIpc) is 2.61. The van der Waals surface area contributed by atoms with Crippen LogP contribution in [-0.2, 0) is 4.74 Å². The number of ether oxygens (including phenoxy) is 1. The molecule has 1 atom stereocenters. The van der Waals surface area contributed by atoms with E-state index in [1.54, 1.807) is 6.07 Å². The molecule has 1 aromatic carbocycles. The number of β-amino-alcohol motifs (C(OH)–C–C–N with tert-alkyl or cyclic N) is 1. The van der Waals surface area contributed by atoms with Crippen LogP contribution in [0.5, 0.6) is 0 Å². The summed E-state index contributed by atoms with van der Waals surface area (Å²) in [5.74, 6) is -0.339. The van der Waals surface area contributed by atoms with E-state index < -0.39 is 0 Å². The van der Waals surface area contributed by atoms with Gasteiger partial charge in [0.25, 0.3) is 0 Å². The van der Waals surface area contributed by atoms with E-state index in [2.05, 4.69) is 18.7 Å². The van der Waals surface area contributed by atoms with Gasteiger partial charge in [-0.3, -0.25) is 0 Å². The van der Waals surface area contributed by atoms with Gasteiger partial charge in [0, 0.05) is 17.8 Å². The van der Waals surface area contributed by atoms with Crippen molar-refractivity contribution in [2.24, 2.45) is 0 Å². The lowest BCUT2D eigenvalue weighted by molar-refractivity contribution is 0.0600. The molecule has 2 rings (SSSR count). The first-order valence-electron chi connectivity index (χ1n) is 6.08. The zero-order chi connectivity index (χ0) is 13.3. The molecule has 0 aromatic heterocycles. The third-order valence-electron chi connectivity index (χ3n) is 3.44. The zero-order valence-corrected chi connectivity index (χ0v) is 11.0. The van der Waals surface area contributed by atoms with Crippen LogP contribution in [0.4, 0.5) is 5.69 Å². The highest BCUT2D eigenvalue weighted by molar-refractivity contribution is 5.90. The Hall–Kier alpha value is -1.55. The van der Waals surface area contributed by atoms with E-state index in [1.807, 2.05) is 18.2 Å². The lowest BCUT2D eigenvalue weighted by Crippen LogP contribution is -2.38. The fourth-order valence-electron chi connectivity index (χ4n) is 2.58. The first-order chi connectivity index (χ1) is 8.44. The molecule has 1 aliphatic rings. The van der Waals surface area contributed by atoms with E-state index in [4.69, 9.17) is 4.74 Å². The monoisotopic (exact) mass is 249 g/mol. The van der Waals surface area contributed by atoms with Crippen LogP contribution < -0.4 is 4.90 Å². The van der Waals surface area contributed by atoms with Crippen LogP contribution in [-0.4, -0.2) is 36.4 Å². The Balaban J connectivity index is 2.31. The average molecular weight is 249 g/mol. The molecule has 0 radical (unpaired) electrons. The van der Waals surface area contributed by atoms with Gasteiger partial charge in [-0.15, -0.1) is 0 Å². The summed E-state index contributed by atoms with van der Waals surface area (Å²) in [7, 11) is 1.37. The molecule has 0 saturated carbocycles. The van der Waals surface area contributed by atoms with Crippen molar-refractivity contribution >= 4 is 11.7 Å². The summed E-state index contributed by atoms with van der Waals surface area (Å²) in [6.45, 7) is 4.78. The Bertz CT molecular complexity index is 456. The summed E-state index contributed by atoms with van der Waals surface area (Å²) in [6.07, 6.45) is 0.414. The largest absolute Gasteiger partial charge is 0.465 e. The third-order valence-corrected chi connectivity index (χ3v) is 3.44. The number of hydrogen-bond acceptors (Lipinski definition) is 4. The van der Waals surface area contributed by atoms with Crippen molar-refractivity contribution in [3.63, 3.8) is 0 Å². The molecule has 0 amide bonds. The number of nitrogens with zero attached hydrogens (tertiary/aromatic N) is 1. The van der Waals surface area contributed by atoms with Gasteiger partial charge in [-0.05, 0) is 38.5 Å². The van der Waals surface area contributed by atoms with Crippen LogP contribution >= 0.6 is 0 Å². The van der Waals surface area contributed by atoms with E-state index in [9.17, 15) is 9.90 Å². The van der Waals surface area contributed by atoms with Gasteiger partial charge in [0.05, 0.1) is 18.8 Å². The van der Waals surface area contributed by atoms with E-state index in [0.717, 1.165) is 12.1 Å². The molecule has 18 heavy (non-hydrogen) atoms. The Kier molecular flexibility index (Phi) is 3.30. The zero-order valence-electron chi connectivity index (χ0n) is 11.0. The number of aliphatic hydroxyl groups excluding tert-OH is 1. The fourth-order valence-corrected chi connectivity index (χ4v) is 2.58. The van der Waals surface area contributed by atoms with Crippen LogP contribution in [0.25, 0.3) is 0 Å². The number of aliphatic hydroxyl groups is 1. The molecule has 1 aromatic rings. The van der Waals surface area contributed by atoms with Gasteiger partial charge in [0.2, 0.25) is 0 Å². The SMILES string of the molecule is COC(=O)c1cccc(N2CC(O)CC2(C)C)c1. The second-order valence-corrected chi connectivity index (χ2v) is 5.32. The van der Waals surface area contributed by atoms with Crippen molar-refractivity contribution in [3.05, 3.63) is 29.8 Å². The number of methoxy groups -OCH3 is 1. The number of carbonyl (C=O) groups excluding carboxylic acids is 1. The maximum absolute atomic E-state index is 11.5. The van der Waals surface area contributed by atoms with Gasteiger partial charge in [-0.2, -0.15) is 0 Å². The topological polar surface area (TPSA) is 49.8 Å². The molecule has 0 aliphatic carbocycles. The number of anilines is 1. The van der Waals surface area contributed by atoms with Gasteiger partial charge in [-0.25, -0.2) is 4.79 Å². The van der Waals surface area contributed by atoms with Crippen LogP contribution in [0.2, 0.25) is 0 Å². The van der Waals surface area contributed by atoms with Crippen molar-refractivity contribution in [2.75, 3.05) is 18.6 Å². The molecule has 1 unspecified atom stereocenters. The minimum Gasteiger partial charge on any atom is -0.465 e. The van der Waals surface area contributed by atoms with Crippen LogP contribution in [0.1, 0.15) is 30.6 Å². The summed E-state index contributed by atoms with van der Waals surface area (Å²) in [4.78, 5) is 13.6. The van der Waals surface area contributed by atoms with E-state index in [0.29, 0.717) is 12.1 Å². The van der Waals surface area contributed by atoms with Gasteiger partial charge in [0.15, 0.2) is 0 Å². The Labute approximate surface area is 107 Å². The van der Waals surface area contributed by atoms with Crippen molar-refractivity contribution in [1.82, 2.24) is 0 Å². The predicted molar refractivity (Wildman–Crippen MR) is 69.8 cm³/mol. The van der Waals surface area contributed by atoms with Crippen molar-refractivity contribution in [3.8, 4) is 0 Å². The summed E-state index contributed by atoms with van der Waals surface area (Å²) in [5, 5.41) is 9.79. The molecular formula is C14H19NO3. The fraction of sp³-hybridized carbons (Fsp3) is 0.500. The van der Waals surface area contributed by atoms with Crippen molar-refractivity contribution in [2.45, 2.75) is 31.9 Å². The number of carbonyl (C=O) groups is 1. The van der Waals surface area contributed by atoms with E-state index in [-0.39, 0.29) is 17.6 Å². The standard InChI is InChI=1S/C14H19NO3/c1-14(2)8-12(16)9-15(14)11-6-4-5-10(7-11)13(17)18-3/h4-7,12,16H,8-9H2,1-3H3. The van der Waals surface area contributed by atoms with E-state index in [1.165, 1.54) is 7.11 Å². The predicted octanol–water partition coefficient (Wildman–Crippen LogP) is 1.82. The van der Waals surface area contributed by atoms with Crippen LogP contribution in [0.15, 0.2) is 24.3 Å². The number of esters is 1. The minimum absolute atomic E-state index is 0.103. The second-order valence-electron chi connectivity index (χ2n) is 5.32. The summed E-state index contributed by atoms with van der Waals surface area (Å²) in [6, 6.07) is 7.33. The highest BCUT2D eigenvalue weighted by atomic mass is 16.5. The Morgan fingerprint density at radius 2 is 2.22 bits per heavy atom. The molecule has 0 spiro atoms. The molecule has 1 heterocycles. The van der Waals surface area contributed by atoms with Gasteiger partial charge in [-0.1, -0.05) is 6.07 Å². The lowest BCUT2D eigenvalue weighted by Gasteiger charge is -2.33. The van der Waals surface area contributed by atoms with Gasteiger partial charge >= 0.3 is 5.97 Å². The minimum atomic E-state index is -0.339. The maximum atomic E-state index is 11.5. The van der Waals surface area contributed by atoms with Crippen LogP contribution in [0.3, 0.4) is 0 Å². The first-order valence-corrected chi connectivity index (χ1v) is 6.08. The summed E-state index contributed by atoms with van der Waals surface area (Å²) in [5.41, 5.74) is 1.38. The van der Waals surface area contributed by atoms with Crippen molar-refractivity contribution < 1.29 is 14.6 Å². The van der Waals surface area contributed by atoms with Gasteiger partial charge < -0.3 is 14.7 Å². The quantitative estimate of drug-likeness (QED) is 0.812. The Morgan fingerprint density at radius 3 is 2.78 bits per heavy atom. The molecule has 0 bridgehead atoms. The third kappa shape index (κ3) is 2.34. The summed E-state index contributed by atoms with van der Waals surface area (Å²) >= 11 is 0. The lowest BCUT2D eigenvalue weighted by atomic mass is 10.0. The number of rotatable bonds is 2. The highest BCUT2D eigenvalue weighted by Gasteiger charge is 2.37. The maximum Gasteiger partial charge on any atom is 0.337 e. The molecule has 1 aliphatic heterocycles. The highest BCUT2D eigenvalue weighted by Crippen LogP contribution is 2.34. The summed E-state index contributed by atoms with van der Waals surface area (Å²) < 4.78 is 4.72. The molecule has 4 nitrogen and oxygen atoms in total. The molecule has 98 valence electrons. The molecule has 4 heteroatoms. The smallest absolute Gasteiger partial charge is 0.337 e.